The van der Waals surface area contributed by atoms with E-state index in [-0.39, 0.29) is 31.7 Å². The van der Waals surface area contributed by atoms with Crippen molar-refractivity contribution in [3.63, 3.8) is 0 Å². The quantitative estimate of drug-likeness (QED) is 0.183. The molecule has 3 aliphatic heterocycles. The van der Waals surface area contributed by atoms with E-state index in [9.17, 15) is 15.2 Å². The number of likely N-dealkylation sites (N-methyl/N-ethyl adjacent to an activating group) is 1. The fraction of sp³-hybridized carbons (Fsp3) is 0.579. The number of likely N-dealkylation sites (tertiary alicyclic amines) is 1. The molecule has 286 valence electrons. The number of aliphatic hydroxyl groups excluding tert-OH is 1. The summed E-state index contributed by atoms with van der Waals surface area (Å²) in [5.41, 5.74) is 3.09. The summed E-state index contributed by atoms with van der Waals surface area (Å²) in [5, 5.41) is 30.4. The molecular formula is C38H51N7O8. The number of nitriles is 1. The van der Waals surface area contributed by atoms with Crippen molar-refractivity contribution >= 4 is 28.4 Å². The number of hydrogen-bond donors (Lipinski definition) is 2. The van der Waals surface area contributed by atoms with Gasteiger partial charge in [-0.05, 0) is 31.3 Å². The van der Waals surface area contributed by atoms with E-state index < -0.39 is 12.1 Å². The molecule has 3 aliphatic rings. The second-order valence-corrected chi connectivity index (χ2v) is 13.6. The summed E-state index contributed by atoms with van der Waals surface area (Å²) < 4.78 is 28.8. The average Bonchev–Trinajstić information content (AvgIpc) is 3.53. The van der Waals surface area contributed by atoms with Gasteiger partial charge >= 0.3 is 12.1 Å². The predicted molar refractivity (Wildman–Crippen MR) is 198 cm³/mol. The Bertz CT molecular complexity index is 1690. The Morgan fingerprint density at radius 3 is 2.43 bits per heavy atom. The Morgan fingerprint density at radius 2 is 1.66 bits per heavy atom. The number of rotatable bonds is 18. The molecular weight excluding hydrogens is 682 g/mol. The molecule has 1 amide bonds. The number of carbonyl (C=O) groups is 1. The molecule has 2 saturated heterocycles. The third-order valence-corrected chi connectivity index (χ3v) is 10.1. The maximum absolute atomic E-state index is 12.0. The van der Waals surface area contributed by atoms with E-state index in [0.29, 0.717) is 78.5 Å². The van der Waals surface area contributed by atoms with Crippen LogP contribution in [0.5, 0.6) is 6.01 Å². The Hall–Kier alpha value is -4.30. The maximum atomic E-state index is 12.0. The number of amides is 1. The molecule has 0 unspecified atom stereocenters. The van der Waals surface area contributed by atoms with Crippen LogP contribution in [0.15, 0.2) is 42.5 Å². The van der Waals surface area contributed by atoms with E-state index in [1.807, 2.05) is 0 Å². The van der Waals surface area contributed by atoms with Gasteiger partial charge in [0.15, 0.2) is 0 Å². The van der Waals surface area contributed by atoms with Gasteiger partial charge in [-0.3, -0.25) is 4.90 Å². The molecule has 2 aromatic carbocycles. The zero-order chi connectivity index (χ0) is 37.0. The standard InChI is InChI=1S/C38H51N7O8/c1-42-25-31(52-22-21-51-20-19-50-18-17-49-16-15-46)23-30(42)27-53-37-40-34-26-43(35-8-4-6-28-5-2-3-7-32(28)35)12-10-33(34)36(41-37)44-13-14-45(38(47)48)29(24-44)9-11-39/h2-8,29-31,46H,9-10,12-27H2,1H3,(H,47,48)/t29-,30-,31+/m0/s1. The number of aromatic nitrogens is 2. The molecule has 0 saturated carbocycles. The fourth-order valence-corrected chi connectivity index (χ4v) is 7.38. The van der Waals surface area contributed by atoms with E-state index in [1.165, 1.54) is 15.7 Å². The number of anilines is 2. The first-order valence-corrected chi connectivity index (χ1v) is 18.5. The van der Waals surface area contributed by atoms with Crippen LogP contribution in [-0.2, 0) is 31.9 Å². The molecule has 0 spiro atoms. The van der Waals surface area contributed by atoms with Crippen LogP contribution < -0.4 is 14.5 Å². The molecule has 4 heterocycles. The molecule has 1 aromatic heterocycles. The molecule has 15 nitrogen and oxygen atoms in total. The summed E-state index contributed by atoms with van der Waals surface area (Å²) in [5.74, 6) is 0.761. The summed E-state index contributed by atoms with van der Waals surface area (Å²) in [6.07, 6.45) is 0.663. The third kappa shape index (κ3) is 10.0. The smallest absolute Gasteiger partial charge is 0.407 e. The zero-order valence-corrected chi connectivity index (χ0v) is 30.5. The van der Waals surface area contributed by atoms with Crippen LogP contribution in [0.1, 0.15) is 24.1 Å². The number of fused-ring (bicyclic) bond motifs is 2. The van der Waals surface area contributed by atoms with Crippen molar-refractivity contribution in [2.24, 2.45) is 0 Å². The first-order valence-electron chi connectivity index (χ1n) is 18.5. The van der Waals surface area contributed by atoms with Crippen molar-refractivity contribution < 1.29 is 38.7 Å². The van der Waals surface area contributed by atoms with Gasteiger partial charge in [-0.25, -0.2) is 4.79 Å². The third-order valence-electron chi connectivity index (χ3n) is 10.1. The van der Waals surface area contributed by atoms with E-state index in [0.717, 1.165) is 48.7 Å². The van der Waals surface area contributed by atoms with Gasteiger partial charge in [-0.15, -0.1) is 0 Å². The van der Waals surface area contributed by atoms with Crippen LogP contribution in [0, 0.1) is 11.3 Å². The summed E-state index contributed by atoms with van der Waals surface area (Å²) >= 11 is 0. The highest BCUT2D eigenvalue weighted by atomic mass is 16.6. The molecule has 15 heteroatoms. The second kappa shape index (κ2) is 19.2. The molecule has 2 N–H and O–H groups in total. The Balaban J connectivity index is 1.09. The molecule has 3 atom stereocenters. The number of benzene rings is 2. The van der Waals surface area contributed by atoms with Crippen molar-refractivity contribution in [1.29, 1.82) is 5.26 Å². The minimum Gasteiger partial charge on any atom is -0.465 e. The Labute approximate surface area is 310 Å². The number of carboxylic acid groups (broad SMARTS) is 1. The van der Waals surface area contributed by atoms with Crippen LogP contribution in [0.25, 0.3) is 10.8 Å². The van der Waals surface area contributed by atoms with Crippen molar-refractivity contribution in [3.8, 4) is 12.1 Å². The molecule has 0 radical (unpaired) electrons. The van der Waals surface area contributed by atoms with Gasteiger partial charge in [0, 0.05) is 55.4 Å². The Morgan fingerprint density at radius 1 is 0.906 bits per heavy atom. The zero-order valence-electron chi connectivity index (χ0n) is 30.5. The lowest BCUT2D eigenvalue weighted by atomic mass is 10.0. The van der Waals surface area contributed by atoms with Crippen molar-refractivity contribution in [2.45, 2.75) is 44.0 Å². The number of ether oxygens (including phenoxy) is 5. The predicted octanol–water partition coefficient (Wildman–Crippen LogP) is 2.78. The number of aliphatic hydroxyl groups is 1. The van der Waals surface area contributed by atoms with Gasteiger partial charge in [0.05, 0.1) is 89.7 Å². The van der Waals surface area contributed by atoms with Gasteiger partial charge in [-0.2, -0.15) is 15.2 Å². The van der Waals surface area contributed by atoms with Crippen LogP contribution in [0.3, 0.4) is 0 Å². The Kier molecular flexibility index (Phi) is 13.9. The SMILES string of the molecule is CN1C[C@H](OCCOCCOCCOCCO)C[C@H]1COc1nc2c(c(N3CCN(C(=O)O)[C@@H](CC#N)C3)n1)CCN(c1cccc3ccccc13)C2. The molecule has 53 heavy (non-hydrogen) atoms. The fourth-order valence-electron chi connectivity index (χ4n) is 7.38. The molecule has 0 bridgehead atoms. The number of nitrogens with zero attached hydrogens (tertiary/aromatic N) is 7. The highest BCUT2D eigenvalue weighted by molar-refractivity contribution is 5.94. The molecule has 0 aliphatic carbocycles. The minimum atomic E-state index is -1.01. The normalized spacial score (nSPS) is 20.5. The lowest BCUT2D eigenvalue weighted by molar-refractivity contribution is -0.0180. The van der Waals surface area contributed by atoms with Crippen LogP contribution >= 0.6 is 0 Å². The highest BCUT2D eigenvalue weighted by Crippen LogP contribution is 2.35. The lowest BCUT2D eigenvalue weighted by Crippen LogP contribution is -2.55. The van der Waals surface area contributed by atoms with E-state index in [2.05, 4.69) is 70.3 Å². The van der Waals surface area contributed by atoms with Crippen molar-refractivity contribution in [3.05, 3.63) is 53.7 Å². The first-order chi connectivity index (χ1) is 25.9. The van der Waals surface area contributed by atoms with Gasteiger partial charge in [0.1, 0.15) is 12.4 Å². The van der Waals surface area contributed by atoms with Crippen LogP contribution in [0.2, 0.25) is 0 Å². The maximum Gasteiger partial charge on any atom is 0.407 e. The highest BCUT2D eigenvalue weighted by Gasteiger charge is 2.35. The van der Waals surface area contributed by atoms with Gasteiger partial charge < -0.3 is 48.6 Å². The van der Waals surface area contributed by atoms with Crippen LogP contribution in [-0.4, -0.2) is 153 Å². The van der Waals surface area contributed by atoms with Gasteiger partial charge in [-0.1, -0.05) is 36.4 Å². The summed E-state index contributed by atoms with van der Waals surface area (Å²) in [4.78, 5) is 30.0. The number of hydrogen-bond acceptors (Lipinski definition) is 13. The van der Waals surface area contributed by atoms with E-state index in [1.54, 1.807) is 0 Å². The topological polar surface area (TPSA) is 166 Å². The van der Waals surface area contributed by atoms with Crippen molar-refractivity contribution in [2.75, 3.05) is 109 Å². The first kappa shape index (κ1) is 38.4. The summed E-state index contributed by atoms with van der Waals surface area (Å²) in [7, 11) is 2.06. The van der Waals surface area contributed by atoms with Gasteiger partial charge in [0.2, 0.25) is 0 Å². The van der Waals surface area contributed by atoms with E-state index in [4.69, 9.17) is 38.8 Å². The molecule has 2 fully saturated rings. The van der Waals surface area contributed by atoms with Crippen LogP contribution in [0.4, 0.5) is 16.3 Å². The lowest BCUT2D eigenvalue weighted by Gasteiger charge is -2.41. The van der Waals surface area contributed by atoms with Gasteiger partial charge in [0.25, 0.3) is 0 Å². The monoisotopic (exact) mass is 733 g/mol. The second-order valence-electron chi connectivity index (χ2n) is 13.6. The summed E-state index contributed by atoms with van der Waals surface area (Å²) in [6.45, 7) is 6.79. The molecule has 3 aromatic rings. The van der Waals surface area contributed by atoms with E-state index >= 15 is 0 Å². The molecule has 6 rings (SSSR count). The van der Waals surface area contributed by atoms with Crippen molar-refractivity contribution in [1.82, 2.24) is 19.8 Å². The minimum absolute atomic E-state index is 0.00696. The average molecular weight is 734 g/mol. The number of piperazine rings is 1. The summed E-state index contributed by atoms with van der Waals surface area (Å²) in [6, 6.07) is 16.9. The largest absolute Gasteiger partial charge is 0.465 e.